The van der Waals surface area contributed by atoms with Crippen LogP contribution in [0.15, 0.2) is 43.0 Å². The van der Waals surface area contributed by atoms with Gasteiger partial charge in [-0.1, -0.05) is 0 Å². The molecular weight excluding hydrogens is 482 g/mol. The number of nitrogens with one attached hydrogen (secondary N) is 1. The Bertz CT molecular complexity index is 1090. The van der Waals surface area contributed by atoms with Crippen LogP contribution in [0, 0.1) is 5.92 Å². The van der Waals surface area contributed by atoms with Gasteiger partial charge in [0, 0.05) is 42.5 Å². The molecule has 3 atom stereocenters. The van der Waals surface area contributed by atoms with E-state index in [9.17, 15) is 35.9 Å². The van der Waals surface area contributed by atoms with E-state index in [4.69, 9.17) is 0 Å². The van der Waals surface area contributed by atoms with Gasteiger partial charge in [0.2, 0.25) is 5.91 Å². The van der Waals surface area contributed by atoms with Crippen LogP contribution in [0.2, 0.25) is 0 Å². The molecule has 2 fully saturated rings. The topological polar surface area (TPSA) is 84.4 Å². The van der Waals surface area contributed by atoms with Crippen molar-refractivity contribution in [2.24, 2.45) is 5.92 Å². The summed E-state index contributed by atoms with van der Waals surface area (Å²) in [5.74, 6) is -6.24. The van der Waals surface area contributed by atoms with Gasteiger partial charge in [-0.05, 0) is 37.6 Å². The molecule has 0 bridgehead atoms. The maximum absolute atomic E-state index is 13.9. The zero-order valence-corrected chi connectivity index (χ0v) is 18.2. The van der Waals surface area contributed by atoms with Crippen molar-refractivity contribution < 1.29 is 40.7 Å². The van der Waals surface area contributed by atoms with Crippen molar-refractivity contribution in [1.29, 1.82) is 0 Å². The van der Waals surface area contributed by atoms with Crippen LogP contribution in [0.5, 0.6) is 5.75 Å². The summed E-state index contributed by atoms with van der Waals surface area (Å²) in [6, 6.07) is 3.24. The molecule has 2 saturated carbocycles. The Morgan fingerprint density at radius 2 is 1.69 bits per heavy atom. The van der Waals surface area contributed by atoms with Crippen molar-refractivity contribution in [1.82, 2.24) is 15.3 Å². The van der Waals surface area contributed by atoms with Crippen molar-refractivity contribution >= 4 is 17.5 Å². The Kier molecular flexibility index (Phi) is 6.14. The van der Waals surface area contributed by atoms with E-state index in [2.05, 4.69) is 20.0 Å². The molecule has 1 heterocycles. The number of benzene rings is 1. The molecule has 4 rings (SSSR count). The smallest absolute Gasteiger partial charge is 0.406 e. The fourth-order valence-electron chi connectivity index (χ4n) is 3.99. The summed E-state index contributed by atoms with van der Waals surface area (Å²) in [7, 11) is 0. The molecule has 1 aromatic heterocycles. The van der Waals surface area contributed by atoms with Gasteiger partial charge in [0.1, 0.15) is 18.2 Å². The lowest BCUT2D eigenvalue weighted by Gasteiger charge is -2.43. The molecule has 35 heavy (non-hydrogen) atoms. The molecule has 7 nitrogen and oxygen atoms in total. The highest BCUT2D eigenvalue weighted by Crippen LogP contribution is 2.43. The van der Waals surface area contributed by atoms with Crippen LogP contribution < -0.4 is 15.0 Å². The number of carbonyl (C=O) groups excluding carboxylic acids is 2. The van der Waals surface area contributed by atoms with Gasteiger partial charge in [-0.25, -0.2) is 23.1 Å². The number of ether oxygens (including phenoxy) is 1. The van der Waals surface area contributed by atoms with Crippen LogP contribution in [0.3, 0.4) is 0 Å². The molecule has 13 heteroatoms. The van der Waals surface area contributed by atoms with Gasteiger partial charge in [0.05, 0.1) is 5.92 Å². The number of hydrogen-bond donors (Lipinski definition) is 1. The van der Waals surface area contributed by atoms with Crippen LogP contribution >= 0.6 is 0 Å². The standard InChI is InChI=1S/C22H20F6N4O3/c1-20(12-9-29-11-30-10-12,19(34)31-13-7-21(24,25)8-13)32(18(33)16-6-17(16)23)14-2-4-15(5-3-14)35-22(26,27)28/h2-5,9-11,13,16-17H,6-8H2,1H3,(H,31,34)/t16-,17+,20+/m0/s1. The maximum atomic E-state index is 13.9. The van der Waals surface area contributed by atoms with Gasteiger partial charge < -0.3 is 10.1 Å². The fourth-order valence-corrected chi connectivity index (χ4v) is 3.99. The van der Waals surface area contributed by atoms with Crippen molar-refractivity contribution in [3.8, 4) is 5.75 Å². The van der Waals surface area contributed by atoms with Gasteiger partial charge in [-0.3, -0.25) is 14.5 Å². The minimum Gasteiger partial charge on any atom is -0.406 e. The summed E-state index contributed by atoms with van der Waals surface area (Å²) in [5, 5.41) is 2.49. The van der Waals surface area contributed by atoms with E-state index in [1.807, 2.05) is 0 Å². The lowest BCUT2D eigenvalue weighted by atomic mass is 9.85. The first kappa shape index (κ1) is 24.7. The van der Waals surface area contributed by atoms with E-state index in [1.54, 1.807) is 0 Å². The van der Waals surface area contributed by atoms with Gasteiger partial charge in [-0.15, -0.1) is 13.2 Å². The Morgan fingerprint density at radius 3 is 2.17 bits per heavy atom. The number of nitrogens with zero attached hydrogens (tertiary/aromatic N) is 3. The molecule has 0 saturated heterocycles. The van der Waals surface area contributed by atoms with Crippen molar-refractivity contribution in [2.45, 2.75) is 56.2 Å². The molecule has 1 N–H and O–H groups in total. The Labute approximate surface area is 195 Å². The number of anilines is 1. The molecule has 0 unspecified atom stereocenters. The van der Waals surface area contributed by atoms with E-state index in [0.29, 0.717) is 0 Å². The van der Waals surface area contributed by atoms with Crippen LogP contribution in [0.4, 0.5) is 32.0 Å². The van der Waals surface area contributed by atoms with E-state index < -0.39 is 66.4 Å². The largest absolute Gasteiger partial charge is 0.573 e. The normalized spacial score (nSPS) is 22.9. The quantitative estimate of drug-likeness (QED) is 0.581. The average molecular weight is 502 g/mol. The van der Waals surface area contributed by atoms with Gasteiger partial charge in [0.15, 0.2) is 5.54 Å². The summed E-state index contributed by atoms with van der Waals surface area (Å²) in [4.78, 5) is 35.5. The lowest BCUT2D eigenvalue weighted by Crippen LogP contribution is -2.61. The predicted octanol–water partition coefficient (Wildman–Crippen LogP) is 3.90. The molecular formula is C22H20F6N4O3. The molecule has 188 valence electrons. The minimum absolute atomic E-state index is 0.0379. The Hall–Kier alpha value is -3.38. The highest BCUT2D eigenvalue weighted by atomic mass is 19.4. The summed E-state index contributed by atoms with van der Waals surface area (Å²) < 4.78 is 82.2. The summed E-state index contributed by atoms with van der Waals surface area (Å²) >= 11 is 0. The molecule has 2 aliphatic rings. The second kappa shape index (κ2) is 8.68. The summed E-state index contributed by atoms with van der Waals surface area (Å²) in [6.07, 6.45) is -4.04. The molecule has 0 aliphatic heterocycles. The third-order valence-electron chi connectivity index (χ3n) is 6.02. The third kappa shape index (κ3) is 5.17. The molecule has 1 aromatic carbocycles. The van der Waals surface area contributed by atoms with E-state index in [-0.39, 0.29) is 17.7 Å². The van der Waals surface area contributed by atoms with Crippen LogP contribution in [0.25, 0.3) is 0 Å². The fraction of sp³-hybridized carbons (Fsp3) is 0.455. The highest BCUT2D eigenvalue weighted by Gasteiger charge is 2.54. The SMILES string of the molecule is C[C@](C(=O)NC1CC(F)(F)C1)(c1cncnc1)N(C(=O)[C@H]1C[C@H]1F)c1ccc(OC(F)(F)F)cc1. The summed E-state index contributed by atoms with van der Waals surface area (Å²) in [6.45, 7) is 1.31. The Morgan fingerprint density at radius 1 is 1.11 bits per heavy atom. The van der Waals surface area contributed by atoms with Gasteiger partial charge in [0.25, 0.3) is 11.8 Å². The number of aromatic nitrogens is 2. The van der Waals surface area contributed by atoms with Crippen LogP contribution in [-0.2, 0) is 15.1 Å². The van der Waals surface area contributed by atoms with Gasteiger partial charge in [-0.2, -0.15) is 0 Å². The molecule has 0 spiro atoms. The first-order chi connectivity index (χ1) is 16.3. The highest BCUT2D eigenvalue weighted by molar-refractivity contribution is 6.06. The van der Waals surface area contributed by atoms with Gasteiger partial charge >= 0.3 is 6.36 Å². The number of carbonyl (C=O) groups is 2. The number of hydrogen-bond acceptors (Lipinski definition) is 5. The van der Waals surface area contributed by atoms with Crippen molar-refractivity contribution in [3.05, 3.63) is 48.5 Å². The monoisotopic (exact) mass is 502 g/mol. The van der Waals surface area contributed by atoms with Crippen molar-refractivity contribution in [2.75, 3.05) is 4.90 Å². The van der Waals surface area contributed by atoms with Crippen LogP contribution in [-0.4, -0.2) is 46.3 Å². The molecule has 0 radical (unpaired) electrons. The van der Waals surface area contributed by atoms with E-state index in [1.165, 1.54) is 25.6 Å². The molecule has 2 aromatic rings. The first-order valence-corrected chi connectivity index (χ1v) is 10.6. The zero-order chi connectivity index (χ0) is 25.6. The number of halogens is 6. The maximum Gasteiger partial charge on any atom is 0.573 e. The first-order valence-electron chi connectivity index (χ1n) is 10.6. The van der Waals surface area contributed by atoms with E-state index >= 15 is 0 Å². The number of alkyl halides is 6. The van der Waals surface area contributed by atoms with Crippen LogP contribution in [0.1, 0.15) is 31.7 Å². The van der Waals surface area contributed by atoms with Crippen molar-refractivity contribution in [3.63, 3.8) is 0 Å². The molecule has 2 aliphatic carbocycles. The third-order valence-corrected chi connectivity index (χ3v) is 6.02. The average Bonchev–Trinajstić information content (AvgIpc) is 3.49. The second-order valence-corrected chi connectivity index (χ2v) is 8.71. The molecule has 2 amide bonds. The number of amides is 2. The minimum atomic E-state index is -4.95. The Balaban J connectivity index is 1.75. The predicted molar refractivity (Wildman–Crippen MR) is 109 cm³/mol. The summed E-state index contributed by atoms with van der Waals surface area (Å²) in [5.41, 5.74) is -1.90. The second-order valence-electron chi connectivity index (χ2n) is 8.71. The van der Waals surface area contributed by atoms with E-state index in [0.717, 1.165) is 29.2 Å². The zero-order valence-electron chi connectivity index (χ0n) is 18.2. The number of rotatable bonds is 7. The lowest BCUT2D eigenvalue weighted by molar-refractivity contribution is -0.274.